The Morgan fingerprint density at radius 1 is 1.11 bits per heavy atom. The van der Waals surface area contributed by atoms with Crippen LogP contribution >= 0.6 is 11.6 Å². The molecule has 0 fully saturated rings. The molecule has 3 heteroatoms. The van der Waals surface area contributed by atoms with Crippen molar-refractivity contribution in [1.82, 2.24) is 0 Å². The number of aliphatic hydroxyl groups excluding tert-OH is 1. The van der Waals surface area contributed by atoms with Gasteiger partial charge in [0.05, 0.1) is 6.61 Å². The fraction of sp³-hybridized carbons (Fsp3) is 0.250. The molecule has 1 N–H and O–H groups in total. The monoisotopic (exact) mass is 275 g/mol. The third-order valence-corrected chi connectivity index (χ3v) is 3.53. The number of aliphatic hydroxyl groups is 1. The highest BCUT2D eigenvalue weighted by atomic mass is 35.5. The second-order valence-corrected chi connectivity index (χ2v) is 5.15. The van der Waals surface area contributed by atoms with Gasteiger partial charge in [-0.2, -0.15) is 0 Å². The van der Waals surface area contributed by atoms with Crippen molar-refractivity contribution in [1.29, 1.82) is 0 Å². The zero-order valence-electron chi connectivity index (χ0n) is 11.2. The van der Waals surface area contributed by atoms with Gasteiger partial charge in [0.2, 0.25) is 0 Å². The maximum absolute atomic E-state index is 9.43. The largest absolute Gasteiger partial charge is 0.392 e. The van der Waals surface area contributed by atoms with Crippen LogP contribution in [0.3, 0.4) is 0 Å². The number of rotatable bonds is 4. The van der Waals surface area contributed by atoms with E-state index in [0.717, 1.165) is 17.8 Å². The first-order chi connectivity index (χ1) is 9.11. The van der Waals surface area contributed by atoms with Gasteiger partial charge in [-0.25, -0.2) is 0 Å². The second kappa shape index (κ2) is 6.09. The van der Waals surface area contributed by atoms with Crippen molar-refractivity contribution in [2.24, 2.45) is 0 Å². The van der Waals surface area contributed by atoms with Gasteiger partial charge in [-0.05, 0) is 36.2 Å². The first-order valence-corrected chi connectivity index (χ1v) is 6.64. The molecule has 0 saturated heterocycles. The molecular formula is C16H18ClNO. The molecule has 0 spiro atoms. The van der Waals surface area contributed by atoms with Crippen LogP contribution < -0.4 is 4.90 Å². The first kappa shape index (κ1) is 13.9. The quantitative estimate of drug-likeness (QED) is 0.918. The van der Waals surface area contributed by atoms with Crippen molar-refractivity contribution >= 4 is 17.3 Å². The van der Waals surface area contributed by atoms with E-state index in [1.807, 2.05) is 37.4 Å². The van der Waals surface area contributed by atoms with E-state index in [9.17, 15) is 5.11 Å². The van der Waals surface area contributed by atoms with Crippen molar-refractivity contribution in [2.45, 2.75) is 20.1 Å². The molecule has 0 bridgehead atoms. The van der Waals surface area contributed by atoms with Crippen molar-refractivity contribution in [2.75, 3.05) is 11.9 Å². The summed E-state index contributed by atoms with van der Waals surface area (Å²) in [5.74, 6) is 0. The summed E-state index contributed by atoms with van der Waals surface area (Å²) in [6.45, 7) is 2.91. The van der Waals surface area contributed by atoms with Gasteiger partial charge in [-0.1, -0.05) is 35.9 Å². The smallest absolute Gasteiger partial charge is 0.0702 e. The van der Waals surface area contributed by atoms with Gasteiger partial charge in [0.25, 0.3) is 0 Å². The Bertz CT molecular complexity index is 568. The van der Waals surface area contributed by atoms with Crippen LogP contribution in [0.5, 0.6) is 0 Å². The van der Waals surface area contributed by atoms with Crippen LogP contribution in [0, 0.1) is 6.92 Å². The van der Waals surface area contributed by atoms with E-state index in [1.165, 1.54) is 11.1 Å². The van der Waals surface area contributed by atoms with Crippen LogP contribution in [-0.4, -0.2) is 12.2 Å². The molecule has 19 heavy (non-hydrogen) atoms. The van der Waals surface area contributed by atoms with Crippen LogP contribution in [0.1, 0.15) is 16.7 Å². The number of hydrogen-bond acceptors (Lipinski definition) is 2. The Hall–Kier alpha value is -1.51. The summed E-state index contributed by atoms with van der Waals surface area (Å²) in [5.41, 5.74) is 4.41. The summed E-state index contributed by atoms with van der Waals surface area (Å²) in [5, 5.41) is 10.1. The molecule has 0 heterocycles. The number of aryl methyl sites for hydroxylation is 1. The van der Waals surface area contributed by atoms with E-state index >= 15 is 0 Å². The van der Waals surface area contributed by atoms with E-state index in [0.29, 0.717) is 5.02 Å². The van der Waals surface area contributed by atoms with E-state index in [-0.39, 0.29) is 6.61 Å². The standard InChI is InChI=1S/C16H18ClNO/c1-12-5-3-4-6-13(12)10-18(2)16-8-7-15(17)9-14(16)11-19/h3-9,19H,10-11H2,1-2H3. The Labute approximate surface area is 119 Å². The van der Waals surface area contributed by atoms with Gasteiger partial charge < -0.3 is 10.0 Å². The van der Waals surface area contributed by atoms with E-state index in [4.69, 9.17) is 11.6 Å². The maximum Gasteiger partial charge on any atom is 0.0702 e. The lowest BCUT2D eigenvalue weighted by Crippen LogP contribution is -2.18. The van der Waals surface area contributed by atoms with Crippen LogP contribution in [0.25, 0.3) is 0 Å². The maximum atomic E-state index is 9.43. The molecule has 0 atom stereocenters. The summed E-state index contributed by atoms with van der Waals surface area (Å²) in [7, 11) is 2.02. The van der Waals surface area contributed by atoms with Crippen LogP contribution in [0.4, 0.5) is 5.69 Å². The molecule has 0 aromatic heterocycles. The van der Waals surface area contributed by atoms with Crippen LogP contribution in [-0.2, 0) is 13.2 Å². The minimum atomic E-state index is -0.00595. The fourth-order valence-electron chi connectivity index (χ4n) is 2.18. The molecule has 0 saturated carbocycles. The molecule has 2 aromatic rings. The van der Waals surface area contributed by atoms with E-state index in [1.54, 1.807) is 0 Å². The summed E-state index contributed by atoms with van der Waals surface area (Å²) >= 11 is 5.96. The van der Waals surface area contributed by atoms with Gasteiger partial charge in [0, 0.05) is 29.9 Å². The predicted octanol–water partition coefficient (Wildman–Crippen LogP) is 3.78. The lowest BCUT2D eigenvalue weighted by molar-refractivity contribution is 0.282. The molecule has 2 rings (SSSR count). The third-order valence-electron chi connectivity index (χ3n) is 3.29. The molecule has 0 aliphatic carbocycles. The first-order valence-electron chi connectivity index (χ1n) is 6.26. The highest BCUT2D eigenvalue weighted by Crippen LogP contribution is 2.25. The van der Waals surface area contributed by atoms with Crippen molar-refractivity contribution < 1.29 is 5.11 Å². The number of hydrogen-bond donors (Lipinski definition) is 1. The van der Waals surface area contributed by atoms with Gasteiger partial charge in [-0.3, -0.25) is 0 Å². The molecule has 2 aromatic carbocycles. The number of nitrogens with zero attached hydrogens (tertiary/aromatic N) is 1. The van der Waals surface area contributed by atoms with Crippen molar-refractivity contribution in [3.8, 4) is 0 Å². The molecule has 0 radical (unpaired) electrons. The normalized spacial score (nSPS) is 10.5. The SMILES string of the molecule is Cc1ccccc1CN(C)c1ccc(Cl)cc1CO. The topological polar surface area (TPSA) is 23.5 Å². The molecule has 0 aliphatic rings. The minimum Gasteiger partial charge on any atom is -0.392 e. The van der Waals surface area contributed by atoms with Gasteiger partial charge in [0.1, 0.15) is 0 Å². The average Bonchev–Trinajstić information content (AvgIpc) is 2.41. The third kappa shape index (κ3) is 3.28. The van der Waals surface area contributed by atoms with Gasteiger partial charge >= 0.3 is 0 Å². The molecule has 100 valence electrons. The molecule has 0 unspecified atom stereocenters. The molecule has 2 nitrogen and oxygen atoms in total. The zero-order chi connectivity index (χ0) is 13.8. The van der Waals surface area contributed by atoms with Crippen LogP contribution in [0.15, 0.2) is 42.5 Å². The number of halogens is 1. The predicted molar refractivity (Wildman–Crippen MR) is 80.7 cm³/mol. The Kier molecular flexibility index (Phi) is 4.46. The van der Waals surface area contributed by atoms with E-state index in [2.05, 4.69) is 24.0 Å². The summed E-state index contributed by atoms with van der Waals surface area (Å²) in [6, 6.07) is 13.9. The Morgan fingerprint density at radius 2 is 1.84 bits per heavy atom. The molecule has 0 amide bonds. The van der Waals surface area contributed by atoms with Gasteiger partial charge in [-0.15, -0.1) is 0 Å². The highest BCUT2D eigenvalue weighted by Gasteiger charge is 2.09. The second-order valence-electron chi connectivity index (χ2n) is 4.71. The Morgan fingerprint density at radius 3 is 2.53 bits per heavy atom. The van der Waals surface area contributed by atoms with Gasteiger partial charge in [0.15, 0.2) is 0 Å². The van der Waals surface area contributed by atoms with Crippen molar-refractivity contribution in [3.05, 3.63) is 64.2 Å². The summed E-state index contributed by atoms with van der Waals surface area (Å²) in [6.07, 6.45) is 0. The summed E-state index contributed by atoms with van der Waals surface area (Å²) < 4.78 is 0. The lowest BCUT2D eigenvalue weighted by atomic mass is 10.1. The fourth-order valence-corrected chi connectivity index (χ4v) is 2.38. The Balaban J connectivity index is 2.25. The summed E-state index contributed by atoms with van der Waals surface area (Å²) in [4.78, 5) is 2.13. The zero-order valence-corrected chi connectivity index (χ0v) is 12.0. The van der Waals surface area contributed by atoms with E-state index < -0.39 is 0 Å². The average molecular weight is 276 g/mol. The number of benzene rings is 2. The lowest BCUT2D eigenvalue weighted by Gasteiger charge is -2.23. The minimum absolute atomic E-state index is 0.00595. The molecular weight excluding hydrogens is 258 g/mol. The highest BCUT2D eigenvalue weighted by molar-refractivity contribution is 6.30. The molecule has 0 aliphatic heterocycles. The van der Waals surface area contributed by atoms with Crippen LogP contribution in [0.2, 0.25) is 5.02 Å². The van der Waals surface area contributed by atoms with Crippen molar-refractivity contribution in [3.63, 3.8) is 0 Å². The number of anilines is 1.